The van der Waals surface area contributed by atoms with Gasteiger partial charge in [-0.05, 0) is 36.8 Å². The van der Waals surface area contributed by atoms with E-state index >= 15 is 0 Å². The minimum absolute atomic E-state index is 0.0629. The molecule has 0 saturated heterocycles. The maximum absolute atomic E-state index is 13.5. The van der Waals surface area contributed by atoms with E-state index in [0.717, 1.165) is 5.56 Å². The van der Waals surface area contributed by atoms with E-state index < -0.39 is 0 Å². The number of thiocarbonyl (C=S) groups is 1. The second-order valence-corrected chi connectivity index (χ2v) is 4.62. The lowest BCUT2D eigenvalue weighted by Crippen LogP contribution is -2.31. The molecule has 19 heavy (non-hydrogen) atoms. The van der Waals surface area contributed by atoms with Crippen molar-refractivity contribution in [1.82, 2.24) is 5.32 Å². The summed E-state index contributed by atoms with van der Waals surface area (Å²) in [6.07, 6.45) is 0. The number of para-hydroxylation sites is 1. The van der Waals surface area contributed by atoms with Crippen molar-refractivity contribution in [3.63, 3.8) is 0 Å². The second-order valence-electron chi connectivity index (χ2n) is 4.21. The first-order valence-corrected chi connectivity index (χ1v) is 6.44. The summed E-state index contributed by atoms with van der Waals surface area (Å²) in [5.41, 5.74) is 1.50. The predicted molar refractivity (Wildman–Crippen MR) is 80.6 cm³/mol. The molecule has 0 amide bonds. The molecule has 0 aliphatic heterocycles. The molecular formula is C15H15FN2S. The van der Waals surface area contributed by atoms with Gasteiger partial charge in [-0.2, -0.15) is 0 Å². The van der Waals surface area contributed by atoms with E-state index in [1.807, 2.05) is 37.3 Å². The number of nitrogens with one attached hydrogen (secondary N) is 2. The fourth-order valence-corrected chi connectivity index (χ4v) is 2.03. The van der Waals surface area contributed by atoms with E-state index in [1.165, 1.54) is 6.07 Å². The lowest BCUT2D eigenvalue weighted by molar-refractivity contribution is 0.631. The van der Waals surface area contributed by atoms with Crippen LogP contribution in [0.5, 0.6) is 0 Å². The van der Waals surface area contributed by atoms with Gasteiger partial charge in [-0.25, -0.2) is 4.39 Å². The molecule has 2 aromatic rings. The Bertz CT molecular complexity index is 557. The van der Waals surface area contributed by atoms with Crippen LogP contribution in [0.25, 0.3) is 0 Å². The van der Waals surface area contributed by atoms with Crippen LogP contribution in [0.15, 0.2) is 54.6 Å². The normalized spacial score (nSPS) is 11.7. The van der Waals surface area contributed by atoms with Crippen molar-refractivity contribution in [2.75, 3.05) is 5.32 Å². The highest BCUT2D eigenvalue weighted by atomic mass is 32.1. The number of hydrogen-bond donors (Lipinski definition) is 2. The van der Waals surface area contributed by atoms with Crippen molar-refractivity contribution in [3.8, 4) is 0 Å². The average molecular weight is 274 g/mol. The summed E-state index contributed by atoms with van der Waals surface area (Å²) in [6.45, 7) is 2.00. The Kier molecular flexibility index (Phi) is 4.47. The quantitative estimate of drug-likeness (QED) is 0.831. The first-order valence-electron chi connectivity index (χ1n) is 6.04. The molecule has 0 spiro atoms. The van der Waals surface area contributed by atoms with Crippen molar-refractivity contribution in [3.05, 3.63) is 66.0 Å². The zero-order valence-corrected chi connectivity index (χ0v) is 11.4. The largest absolute Gasteiger partial charge is 0.356 e. The van der Waals surface area contributed by atoms with Crippen LogP contribution in [0.1, 0.15) is 18.5 Å². The number of hydrogen-bond acceptors (Lipinski definition) is 1. The van der Waals surface area contributed by atoms with Gasteiger partial charge in [0.1, 0.15) is 5.82 Å². The zero-order valence-electron chi connectivity index (χ0n) is 10.6. The highest BCUT2D eigenvalue weighted by molar-refractivity contribution is 7.80. The first kappa shape index (κ1) is 13.5. The van der Waals surface area contributed by atoms with Gasteiger partial charge in [0.05, 0.1) is 11.7 Å². The van der Waals surface area contributed by atoms with E-state index in [2.05, 4.69) is 10.6 Å². The summed E-state index contributed by atoms with van der Waals surface area (Å²) in [5, 5.41) is 6.39. The standard InChI is InChI=1S/C15H15FN2S/c1-11(12-7-3-2-4-8-12)17-15(19)18-14-10-6-5-9-13(14)16/h2-11H,1H3,(H2,17,18,19)/t11-/m0/s1. The first-order chi connectivity index (χ1) is 9.16. The topological polar surface area (TPSA) is 24.1 Å². The van der Waals surface area contributed by atoms with E-state index in [1.54, 1.807) is 18.2 Å². The molecule has 2 aromatic carbocycles. The van der Waals surface area contributed by atoms with Crippen LogP contribution in [0.2, 0.25) is 0 Å². The van der Waals surface area contributed by atoms with Crippen LogP contribution >= 0.6 is 12.2 Å². The third-order valence-corrected chi connectivity index (χ3v) is 2.99. The van der Waals surface area contributed by atoms with Crippen LogP contribution in [0.4, 0.5) is 10.1 Å². The van der Waals surface area contributed by atoms with Crippen molar-refractivity contribution < 1.29 is 4.39 Å². The molecule has 0 unspecified atom stereocenters. The minimum Gasteiger partial charge on any atom is -0.356 e. The Hall–Kier alpha value is -1.94. The predicted octanol–water partition coefficient (Wildman–Crippen LogP) is 3.87. The van der Waals surface area contributed by atoms with Crippen LogP contribution in [-0.2, 0) is 0 Å². The zero-order chi connectivity index (χ0) is 13.7. The van der Waals surface area contributed by atoms with Crippen molar-refractivity contribution in [2.24, 2.45) is 0 Å². The van der Waals surface area contributed by atoms with Gasteiger partial charge in [0.2, 0.25) is 0 Å². The molecule has 0 radical (unpaired) electrons. The van der Waals surface area contributed by atoms with E-state index in [0.29, 0.717) is 10.8 Å². The van der Waals surface area contributed by atoms with Crippen LogP contribution in [0, 0.1) is 5.82 Å². The molecule has 0 aliphatic rings. The molecule has 0 saturated carbocycles. The fraction of sp³-hybridized carbons (Fsp3) is 0.133. The highest BCUT2D eigenvalue weighted by Gasteiger charge is 2.07. The average Bonchev–Trinajstić information content (AvgIpc) is 2.42. The molecule has 1 atom stereocenters. The van der Waals surface area contributed by atoms with Gasteiger partial charge >= 0.3 is 0 Å². The van der Waals surface area contributed by atoms with Gasteiger partial charge in [-0.15, -0.1) is 0 Å². The summed E-state index contributed by atoms with van der Waals surface area (Å²) >= 11 is 5.18. The van der Waals surface area contributed by atoms with Gasteiger partial charge in [0.25, 0.3) is 0 Å². The van der Waals surface area contributed by atoms with Gasteiger partial charge in [0.15, 0.2) is 5.11 Å². The Morgan fingerprint density at radius 2 is 1.68 bits per heavy atom. The van der Waals surface area contributed by atoms with Gasteiger partial charge in [-0.3, -0.25) is 0 Å². The van der Waals surface area contributed by atoms with Crippen molar-refractivity contribution in [2.45, 2.75) is 13.0 Å². The smallest absolute Gasteiger partial charge is 0.171 e. The molecule has 2 N–H and O–H groups in total. The van der Waals surface area contributed by atoms with Gasteiger partial charge in [0, 0.05) is 0 Å². The second kappa shape index (κ2) is 6.29. The summed E-state index contributed by atoms with van der Waals surface area (Å²) in [4.78, 5) is 0. The lowest BCUT2D eigenvalue weighted by atomic mass is 10.1. The van der Waals surface area contributed by atoms with E-state index in [9.17, 15) is 4.39 Å². The molecule has 0 heterocycles. The van der Waals surface area contributed by atoms with Crippen LogP contribution in [0.3, 0.4) is 0 Å². The molecule has 4 heteroatoms. The van der Waals surface area contributed by atoms with Crippen molar-refractivity contribution in [1.29, 1.82) is 0 Å². The molecule has 0 fully saturated rings. The van der Waals surface area contributed by atoms with E-state index in [4.69, 9.17) is 12.2 Å². The Labute approximate surface area is 117 Å². The number of halogens is 1. The summed E-state index contributed by atoms with van der Waals surface area (Å²) in [6, 6.07) is 16.5. The molecule has 98 valence electrons. The molecule has 0 aromatic heterocycles. The Morgan fingerprint density at radius 3 is 2.37 bits per heavy atom. The summed E-state index contributed by atoms with van der Waals surface area (Å²) in [5.74, 6) is -0.320. The fourth-order valence-electron chi connectivity index (χ4n) is 1.74. The summed E-state index contributed by atoms with van der Waals surface area (Å²) < 4.78 is 13.5. The van der Waals surface area contributed by atoms with E-state index in [-0.39, 0.29) is 11.9 Å². The summed E-state index contributed by atoms with van der Waals surface area (Å²) in [7, 11) is 0. The SMILES string of the molecule is C[C@H](NC(=S)Nc1ccccc1F)c1ccccc1. The maximum atomic E-state index is 13.5. The minimum atomic E-state index is -0.320. The Morgan fingerprint density at radius 1 is 1.05 bits per heavy atom. The van der Waals surface area contributed by atoms with Gasteiger partial charge < -0.3 is 10.6 Å². The third-order valence-electron chi connectivity index (χ3n) is 2.77. The maximum Gasteiger partial charge on any atom is 0.171 e. The van der Waals surface area contributed by atoms with Crippen molar-refractivity contribution >= 4 is 23.0 Å². The third kappa shape index (κ3) is 3.76. The Balaban J connectivity index is 1.97. The van der Waals surface area contributed by atoms with Crippen LogP contribution in [-0.4, -0.2) is 5.11 Å². The van der Waals surface area contributed by atoms with Crippen LogP contribution < -0.4 is 10.6 Å². The lowest BCUT2D eigenvalue weighted by Gasteiger charge is -2.17. The number of anilines is 1. The molecule has 2 rings (SSSR count). The molecule has 0 bridgehead atoms. The molecule has 0 aliphatic carbocycles. The highest BCUT2D eigenvalue weighted by Crippen LogP contribution is 2.14. The van der Waals surface area contributed by atoms with Gasteiger partial charge in [-0.1, -0.05) is 42.5 Å². The monoisotopic (exact) mass is 274 g/mol. The molecule has 2 nitrogen and oxygen atoms in total. The number of benzene rings is 2. The molecular weight excluding hydrogens is 259 g/mol. The number of rotatable bonds is 3.